The van der Waals surface area contributed by atoms with E-state index >= 15 is 0 Å². The number of fused-ring (bicyclic) bond motifs is 6. The van der Waals surface area contributed by atoms with Gasteiger partial charge in [-0.1, -0.05) is 146 Å². The summed E-state index contributed by atoms with van der Waals surface area (Å²) in [5, 5.41) is 4.84. The van der Waals surface area contributed by atoms with Gasteiger partial charge >= 0.3 is 0 Å². The van der Waals surface area contributed by atoms with Crippen molar-refractivity contribution in [1.29, 1.82) is 0 Å². The zero-order valence-corrected chi connectivity index (χ0v) is 31.0. The highest BCUT2D eigenvalue weighted by Gasteiger charge is 2.16. The summed E-state index contributed by atoms with van der Waals surface area (Å²) in [5.41, 5.74) is 13.5. The van der Waals surface area contributed by atoms with Gasteiger partial charge in [-0.05, 0) is 81.9 Å². The monoisotopic (exact) mass is 732 g/mol. The Morgan fingerprint density at radius 1 is 0.339 bits per heavy atom. The Morgan fingerprint density at radius 3 is 1.75 bits per heavy atom. The molecular formula is C52H32N2OS. The molecule has 0 radical (unpaired) electrons. The molecule has 0 aliphatic carbocycles. The van der Waals surface area contributed by atoms with Crippen LogP contribution < -0.4 is 0 Å². The highest BCUT2D eigenvalue weighted by molar-refractivity contribution is 7.26. The van der Waals surface area contributed by atoms with Crippen molar-refractivity contribution in [3.05, 3.63) is 194 Å². The first-order chi connectivity index (χ1) is 27.7. The van der Waals surface area contributed by atoms with E-state index in [-0.39, 0.29) is 0 Å². The van der Waals surface area contributed by atoms with Crippen molar-refractivity contribution < 1.29 is 4.42 Å². The number of thiophene rings is 1. The third kappa shape index (κ3) is 5.67. The Labute approximate surface area is 327 Å². The van der Waals surface area contributed by atoms with E-state index in [4.69, 9.17) is 14.4 Å². The normalized spacial score (nSPS) is 11.6. The van der Waals surface area contributed by atoms with Crippen LogP contribution in [-0.4, -0.2) is 9.97 Å². The van der Waals surface area contributed by atoms with Crippen molar-refractivity contribution in [2.75, 3.05) is 0 Å². The van der Waals surface area contributed by atoms with E-state index in [0.29, 0.717) is 5.82 Å². The summed E-state index contributed by atoms with van der Waals surface area (Å²) in [6.45, 7) is 0. The number of benzene rings is 8. The lowest BCUT2D eigenvalue weighted by Gasteiger charge is -2.14. The molecule has 56 heavy (non-hydrogen) atoms. The van der Waals surface area contributed by atoms with Crippen LogP contribution in [0.5, 0.6) is 0 Å². The molecule has 3 heterocycles. The van der Waals surface area contributed by atoms with Crippen molar-refractivity contribution in [2.24, 2.45) is 0 Å². The van der Waals surface area contributed by atoms with E-state index in [9.17, 15) is 0 Å². The molecule has 0 saturated heterocycles. The molecule has 0 N–H and O–H groups in total. The first-order valence-electron chi connectivity index (χ1n) is 18.8. The fourth-order valence-electron chi connectivity index (χ4n) is 7.90. The molecule has 0 fully saturated rings. The highest BCUT2D eigenvalue weighted by Crippen LogP contribution is 2.42. The van der Waals surface area contributed by atoms with Gasteiger partial charge in [-0.15, -0.1) is 11.3 Å². The van der Waals surface area contributed by atoms with E-state index in [1.54, 1.807) is 0 Å². The van der Waals surface area contributed by atoms with E-state index in [1.165, 1.54) is 25.7 Å². The second-order valence-electron chi connectivity index (χ2n) is 14.2. The average molecular weight is 733 g/mol. The second-order valence-corrected chi connectivity index (χ2v) is 15.2. The predicted molar refractivity (Wildman–Crippen MR) is 235 cm³/mol. The van der Waals surface area contributed by atoms with Crippen LogP contribution in [0.25, 0.3) is 109 Å². The van der Waals surface area contributed by atoms with Gasteiger partial charge in [0, 0.05) is 47.6 Å². The lowest BCUT2D eigenvalue weighted by Crippen LogP contribution is -1.96. The fourth-order valence-corrected chi connectivity index (χ4v) is 9.14. The number of para-hydroxylation sites is 1. The van der Waals surface area contributed by atoms with Gasteiger partial charge in [0.2, 0.25) is 0 Å². The molecule has 11 rings (SSSR count). The van der Waals surface area contributed by atoms with Gasteiger partial charge in [-0.25, -0.2) is 9.97 Å². The van der Waals surface area contributed by atoms with Crippen LogP contribution in [-0.2, 0) is 0 Å². The van der Waals surface area contributed by atoms with E-state index in [0.717, 1.165) is 77.8 Å². The number of furan rings is 1. The first kappa shape index (κ1) is 32.3. The topological polar surface area (TPSA) is 38.9 Å². The van der Waals surface area contributed by atoms with E-state index in [1.807, 2.05) is 41.7 Å². The summed E-state index contributed by atoms with van der Waals surface area (Å²) >= 11 is 1.86. The summed E-state index contributed by atoms with van der Waals surface area (Å²) in [6, 6.07) is 68.6. The maximum Gasteiger partial charge on any atom is 0.160 e. The lowest BCUT2D eigenvalue weighted by molar-refractivity contribution is 0.669. The number of hydrogen-bond donors (Lipinski definition) is 0. The van der Waals surface area contributed by atoms with Gasteiger partial charge < -0.3 is 4.42 Å². The molecule has 3 nitrogen and oxygen atoms in total. The summed E-state index contributed by atoms with van der Waals surface area (Å²) in [5.74, 6) is 0.691. The van der Waals surface area contributed by atoms with Gasteiger partial charge in [-0.2, -0.15) is 0 Å². The molecule has 0 aliphatic rings. The zero-order valence-electron chi connectivity index (χ0n) is 30.2. The quantitative estimate of drug-likeness (QED) is 0.171. The Balaban J connectivity index is 1.06. The Morgan fingerprint density at radius 2 is 0.929 bits per heavy atom. The van der Waals surface area contributed by atoms with Gasteiger partial charge in [0.1, 0.15) is 11.2 Å². The maximum atomic E-state index is 6.21. The van der Waals surface area contributed by atoms with Crippen LogP contribution in [0.1, 0.15) is 0 Å². The van der Waals surface area contributed by atoms with Crippen LogP contribution >= 0.6 is 11.3 Å². The molecule has 8 aromatic carbocycles. The minimum Gasteiger partial charge on any atom is -0.456 e. The number of aromatic nitrogens is 2. The molecule has 3 aromatic heterocycles. The summed E-state index contributed by atoms with van der Waals surface area (Å²) in [4.78, 5) is 10.4. The second kappa shape index (κ2) is 13.3. The number of hydrogen-bond acceptors (Lipinski definition) is 4. The molecule has 0 spiro atoms. The molecule has 0 amide bonds. The zero-order chi connectivity index (χ0) is 37.0. The van der Waals surface area contributed by atoms with Crippen molar-refractivity contribution in [3.8, 4) is 67.3 Å². The number of rotatable bonds is 6. The Hall–Kier alpha value is -7.14. The largest absolute Gasteiger partial charge is 0.456 e. The molecule has 0 unspecified atom stereocenters. The SMILES string of the molecule is c1ccc(-c2cc(-c3cc(-c4ccc(-c5ccc6c(c5)oc5ccccc56)cc4)nc(-c4ccccc4)n3)cc(-c3cccc4c3sc3ccccc34)c2)cc1. The highest BCUT2D eigenvalue weighted by atomic mass is 32.1. The first-order valence-corrected chi connectivity index (χ1v) is 19.6. The van der Waals surface area contributed by atoms with Gasteiger partial charge in [0.05, 0.1) is 11.4 Å². The van der Waals surface area contributed by atoms with Crippen LogP contribution in [0.4, 0.5) is 0 Å². The fraction of sp³-hybridized carbons (Fsp3) is 0. The van der Waals surface area contributed by atoms with Crippen LogP contribution in [0.15, 0.2) is 199 Å². The number of nitrogens with zero attached hydrogens (tertiary/aromatic N) is 2. The van der Waals surface area contributed by atoms with Crippen molar-refractivity contribution in [3.63, 3.8) is 0 Å². The molecule has 0 aliphatic heterocycles. The van der Waals surface area contributed by atoms with Crippen molar-refractivity contribution in [1.82, 2.24) is 9.97 Å². The molecule has 262 valence electrons. The van der Waals surface area contributed by atoms with Crippen molar-refractivity contribution in [2.45, 2.75) is 0 Å². The minimum atomic E-state index is 0.691. The molecule has 0 bridgehead atoms. The van der Waals surface area contributed by atoms with Crippen LogP contribution in [0.2, 0.25) is 0 Å². The van der Waals surface area contributed by atoms with Crippen LogP contribution in [0.3, 0.4) is 0 Å². The summed E-state index contributed by atoms with van der Waals surface area (Å²) in [7, 11) is 0. The minimum absolute atomic E-state index is 0.691. The van der Waals surface area contributed by atoms with Gasteiger partial charge in [-0.3, -0.25) is 0 Å². The molecule has 11 aromatic rings. The van der Waals surface area contributed by atoms with Gasteiger partial charge in [0.25, 0.3) is 0 Å². The average Bonchev–Trinajstić information content (AvgIpc) is 3.85. The predicted octanol–water partition coefficient (Wildman–Crippen LogP) is 14.7. The van der Waals surface area contributed by atoms with Crippen molar-refractivity contribution >= 4 is 53.4 Å². The van der Waals surface area contributed by atoms with Crippen LogP contribution in [0, 0.1) is 0 Å². The smallest absolute Gasteiger partial charge is 0.160 e. The Bertz CT molecular complexity index is 3240. The lowest BCUT2D eigenvalue weighted by atomic mass is 9.93. The molecular weight excluding hydrogens is 701 g/mol. The summed E-state index contributed by atoms with van der Waals surface area (Å²) < 4.78 is 8.79. The molecule has 0 atom stereocenters. The summed E-state index contributed by atoms with van der Waals surface area (Å²) in [6.07, 6.45) is 0. The van der Waals surface area contributed by atoms with E-state index < -0.39 is 0 Å². The third-order valence-electron chi connectivity index (χ3n) is 10.7. The Kier molecular flexibility index (Phi) is 7.68. The standard InChI is InChI=1S/C52H32N2OS/c1-3-12-33(13-4-1)38-28-39(41-18-11-19-45-44-17-8-10-21-50(44)56-51(41)45)30-40(29-38)47-32-46(53-52(54-47)36-14-5-2-6-15-36)35-24-22-34(23-25-35)37-26-27-43-42-16-7-9-20-48(42)55-49(43)31-37/h1-32H. The third-order valence-corrected chi connectivity index (χ3v) is 11.9. The maximum absolute atomic E-state index is 6.21. The van der Waals surface area contributed by atoms with E-state index in [2.05, 4.69) is 164 Å². The molecule has 0 saturated carbocycles. The molecule has 4 heteroatoms. The van der Waals surface area contributed by atoms with Gasteiger partial charge in [0.15, 0.2) is 5.82 Å².